The van der Waals surface area contributed by atoms with E-state index in [9.17, 15) is 14.7 Å². The molecule has 0 saturated carbocycles. The Morgan fingerprint density at radius 2 is 2.05 bits per heavy atom. The van der Waals surface area contributed by atoms with E-state index in [0.29, 0.717) is 0 Å². The molecule has 0 aliphatic heterocycles. The molecule has 0 aliphatic carbocycles. The molecule has 1 rings (SSSR count). The summed E-state index contributed by atoms with van der Waals surface area (Å²) in [6.45, 7) is 1.74. The van der Waals surface area contributed by atoms with E-state index < -0.39 is 17.4 Å². The summed E-state index contributed by atoms with van der Waals surface area (Å²) in [5.74, 6) is 0.197. The van der Waals surface area contributed by atoms with Gasteiger partial charge >= 0.3 is 11.9 Å². The van der Waals surface area contributed by atoms with Crippen molar-refractivity contribution in [3.05, 3.63) is 42.0 Å². The van der Waals surface area contributed by atoms with Crippen LogP contribution >= 0.6 is 0 Å². The van der Waals surface area contributed by atoms with Crippen LogP contribution in [0.1, 0.15) is 25.3 Å². The Morgan fingerprint density at radius 1 is 1.38 bits per heavy atom. The maximum atomic E-state index is 12.0. The molecule has 4 nitrogen and oxygen atoms in total. The Kier molecular flexibility index (Phi) is 6.22. The lowest BCUT2D eigenvalue weighted by Gasteiger charge is -2.23. The maximum absolute atomic E-state index is 12.0. The zero-order chi connectivity index (χ0) is 15.7. The quantitative estimate of drug-likeness (QED) is 0.475. The molecule has 1 unspecified atom stereocenters. The molecule has 0 aliphatic rings. The van der Waals surface area contributed by atoms with Crippen molar-refractivity contribution in [3.63, 3.8) is 0 Å². The van der Waals surface area contributed by atoms with Crippen LogP contribution in [0.5, 0.6) is 0 Å². The fourth-order valence-electron chi connectivity index (χ4n) is 1.88. The smallest absolute Gasteiger partial charge is 0.324 e. The number of benzene rings is 1. The van der Waals surface area contributed by atoms with Crippen molar-refractivity contribution in [2.24, 2.45) is 5.41 Å². The van der Waals surface area contributed by atoms with E-state index in [0.717, 1.165) is 5.56 Å². The number of carboxylic acids is 1. The largest absolute Gasteiger partial charge is 0.480 e. The van der Waals surface area contributed by atoms with Crippen LogP contribution in [0.15, 0.2) is 36.4 Å². The molecule has 1 N–H and O–H groups in total. The van der Waals surface area contributed by atoms with E-state index in [2.05, 4.69) is 5.92 Å². The lowest BCUT2D eigenvalue weighted by Crippen LogP contribution is -2.40. The third kappa shape index (κ3) is 4.22. The lowest BCUT2D eigenvalue weighted by atomic mass is 9.81. The van der Waals surface area contributed by atoms with Crippen molar-refractivity contribution in [1.29, 1.82) is 0 Å². The fourth-order valence-corrected chi connectivity index (χ4v) is 1.88. The van der Waals surface area contributed by atoms with Gasteiger partial charge in [-0.05, 0) is 18.9 Å². The van der Waals surface area contributed by atoms with Gasteiger partial charge in [-0.2, -0.15) is 0 Å². The minimum Gasteiger partial charge on any atom is -0.480 e. The molecule has 4 heteroatoms. The molecule has 0 saturated heterocycles. The van der Waals surface area contributed by atoms with E-state index in [-0.39, 0.29) is 19.4 Å². The summed E-state index contributed by atoms with van der Waals surface area (Å²) in [7, 11) is 0. The highest BCUT2D eigenvalue weighted by molar-refractivity contribution is 5.99. The topological polar surface area (TPSA) is 63.6 Å². The number of esters is 1. The van der Waals surface area contributed by atoms with E-state index in [1.165, 1.54) is 0 Å². The first-order valence-corrected chi connectivity index (χ1v) is 6.62. The van der Waals surface area contributed by atoms with Crippen molar-refractivity contribution in [3.8, 4) is 12.3 Å². The molecule has 0 radical (unpaired) electrons. The minimum atomic E-state index is -1.73. The average Bonchev–Trinajstić information content (AvgIpc) is 2.47. The Morgan fingerprint density at radius 3 is 2.57 bits per heavy atom. The summed E-state index contributed by atoms with van der Waals surface area (Å²) in [4.78, 5) is 23.5. The number of allylic oxidation sites excluding steroid dienone is 1. The summed E-state index contributed by atoms with van der Waals surface area (Å²) in [6.07, 6.45) is 8.40. The fraction of sp³-hybridized carbons (Fsp3) is 0.294. The Bertz CT molecular complexity index is 554. The van der Waals surface area contributed by atoms with Crippen molar-refractivity contribution >= 4 is 18.0 Å². The first-order chi connectivity index (χ1) is 10.1. The van der Waals surface area contributed by atoms with Crippen LogP contribution in [-0.2, 0) is 14.3 Å². The number of ether oxygens (including phenoxy) is 1. The molecule has 0 aromatic heterocycles. The molecule has 0 fully saturated rings. The number of hydrogen-bond acceptors (Lipinski definition) is 3. The molecule has 0 amide bonds. The minimum absolute atomic E-state index is 0.0136. The molecule has 1 aromatic rings. The Balaban J connectivity index is 2.97. The van der Waals surface area contributed by atoms with Gasteiger partial charge in [0, 0.05) is 6.42 Å². The third-order valence-electron chi connectivity index (χ3n) is 3.06. The van der Waals surface area contributed by atoms with Gasteiger partial charge in [-0.1, -0.05) is 42.5 Å². The number of carbonyl (C=O) groups is 2. The van der Waals surface area contributed by atoms with Crippen LogP contribution in [0, 0.1) is 17.8 Å². The van der Waals surface area contributed by atoms with Gasteiger partial charge in [-0.15, -0.1) is 12.3 Å². The van der Waals surface area contributed by atoms with Crippen LogP contribution in [0.4, 0.5) is 0 Å². The predicted octanol–water partition coefficient (Wildman–Crippen LogP) is 2.75. The molecule has 0 bridgehead atoms. The molecule has 1 aromatic carbocycles. The monoisotopic (exact) mass is 286 g/mol. The zero-order valence-electron chi connectivity index (χ0n) is 11.9. The van der Waals surface area contributed by atoms with Gasteiger partial charge in [0.1, 0.15) is 0 Å². The second-order valence-electron chi connectivity index (χ2n) is 4.51. The average molecular weight is 286 g/mol. The number of terminal acetylenes is 1. The molecule has 1 atom stereocenters. The van der Waals surface area contributed by atoms with E-state index in [1.54, 1.807) is 19.1 Å². The SMILES string of the molecule is C#CCC(C/C=C/c1ccccc1)(C(=O)O)C(=O)OCC. The van der Waals surface area contributed by atoms with E-state index >= 15 is 0 Å². The number of carbonyl (C=O) groups excluding carboxylic acids is 1. The molecular formula is C17H18O4. The number of carboxylic acid groups (broad SMARTS) is 1. The van der Waals surface area contributed by atoms with Crippen LogP contribution in [0.25, 0.3) is 6.08 Å². The van der Waals surface area contributed by atoms with Crippen molar-refractivity contribution in [2.75, 3.05) is 6.61 Å². The molecule has 0 spiro atoms. The molecular weight excluding hydrogens is 268 g/mol. The number of hydrogen-bond donors (Lipinski definition) is 1. The van der Waals surface area contributed by atoms with Gasteiger partial charge in [0.15, 0.2) is 5.41 Å². The van der Waals surface area contributed by atoms with Crippen LogP contribution in [-0.4, -0.2) is 23.7 Å². The predicted molar refractivity (Wildman–Crippen MR) is 80.2 cm³/mol. The van der Waals surface area contributed by atoms with Crippen LogP contribution < -0.4 is 0 Å². The van der Waals surface area contributed by atoms with Gasteiger partial charge in [0.05, 0.1) is 6.61 Å². The van der Waals surface area contributed by atoms with Crippen molar-refractivity contribution in [2.45, 2.75) is 19.8 Å². The van der Waals surface area contributed by atoms with Gasteiger partial charge in [-0.3, -0.25) is 9.59 Å². The second-order valence-corrected chi connectivity index (χ2v) is 4.51. The molecule has 110 valence electrons. The third-order valence-corrected chi connectivity index (χ3v) is 3.06. The van der Waals surface area contributed by atoms with E-state index in [1.807, 2.05) is 30.3 Å². The van der Waals surface area contributed by atoms with Crippen molar-refractivity contribution in [1.82, 2.24) is 0 Å². The first kappa shape index (κ1) is 16.5. The highest BCUT2D eigenvalue weighted by atomic mass is 16.5. The lowest BCUT2D eigenvalue weighted by molar-refractivity contribution is -0.168. The molecule has 0 heterocycles. The van der Waals surface area contributed by atoms with Gasteiger partial charge in [-0.25, -0.2) is 0 Å². The number of rotatable bonds is 7. The standard InChI is InChI=1S/C17H18O4/c1-3-12-17(15(18)19,16(20)21-4-2)13-8-11-14-9-6-5-7-10-14/h1,5-11H,4,12-13H2,2H3,(H,18,19)/b11-8+. The van der Waals surface area contributed by atoms with Crippen LogP contribution in [0.3, 0.4) is 0 Å². The zero-order valence-corrected chi connectivity index (χ0v) is 11.9. The summed E-state index contributed by atoms with van der Waals surface area (Å²) < 4.78 is 4.87. The first-order valence-electron chi connectivity index (χ1n) is 6.62. The summed E-state index contributed by atoms with van der Waals surface area (Å²) in [5, 5.41) is 9.42. The van der Waals surface area contributed by atoms with Gasteiger partial charge in [0.2, 0.25) is 0 Å². The molecule has 21 heavy (non-hydrogen) atoms. The van der Waals surface area contributed by atoms with Crippen LogP contribution in [0.2, 0.25) is 0 Å². The highest BCUT2D eigenvalue weighted by Gasteiger charge is 2.46. The normalized spacial score (nSPS) is 13.3. The summed E-state index contributed by atoms with van der Waals surface area (Å²) in [6, 6.07) is 9.39. The van der Waals surface area contributed by atoms with Crippen molar-refractivity contribution < 1.29 is 19.4 Å². The summed E-state index contributed by atoms with van der Waals surface area (Å²) >= 11 is 0. The Labute approximate surface area is 124 Å². The van der Waals surface area contributed by atoms with Gasteiger partial charge in [0.25, 0.3) is 0 Å². The second kappa shape index (κ2) is 7.91. The maximum Gasteiger partial charge on any atom is 0.324 e. The summed E-state index contributed by atoms with van der Waals surface area (Å²) in [5.41, 5.74) is -0.808. The highest BCUT2D eigenvalue weighted by Crippen LogP contribution is 2.30. The van der Waals surface area contributed by atoms with E-state index in [4.69, 9.17) is 11.2 Å². The van der Waals surface area contributed by atoms with Gasteiger partial charge < -0.3 is 9.84 Å². The Hall–Kier alpha value is -2.54. The number of aliphatic carboxylic acids is 1.